The molecule has 1 amide bonds. The number of hydrazine groups is 1. The van der Waals surface area contributed by atoms with E-state index in [1.54, 1.807) is 26.8 Å². The first-order valence-corrected chi connectivity index (χ1v) is 9.41. The monoisotopic (exact) mass is 420 g/mol. The molecule has 0 radical (unpaired) electrons. The third-order valence-electron chi connectivity index (χ3n) is 3.81. The minimum absolute atomic E-state index is 0.180. The first-order valence-electron chi connectivity index (χ1n) is 9.04. The smallest absolute Gasteiger partial charge is 0.422 e. The second-order valence-corrected chi connectivity index (χ2v) is 7.99. The fraction of sp³-hybridized carbons (Fsp3) is 0.333. The largest absolute Gasteiger partial charge is 0.479 e. The van der Waals surface area contributed by atoms with E-state index in [1.165, 1.54) is 5.01 Å². The summed E-state index contributed by atoms with van der Waals surface area (Å²) < 4.78 is 5.20. The maximum absolute atomic E-state index is 12.1. The molecular formula is C21H25ClN2O5. The molecule has 0 fully saturated rings. The molecule has 0 aliphatic rings. The van der Waals surface area contributed by atoms with Gasteiger partial charge in [-0.05, 0) is 49.6 Å². The number of nitrogens with zero attached hydrogens (tertiary/aromatic N) is 1. The van der Waals surface area contributed by atoms with Gasteiger partial charge in [-0.2, -0.15) is 0 Å². The highest BCUT2D eigenvalue weighted by atomic mass is 35.5. The average molecular weight is 421 g/mol. The summed E-state index contributed by atoms with van der Waals surface area (Å²) in [6.45, 7) is 5.04. The molecule has 1 unspecified atom stereocenters. The van der Waals surface area contributed by atoms with E-state index in [0.717, 1.165) is 16.7 Å². The number of aliphatic carboxylic acids is 1. The quantitative estimate of drug-likeness (QED) is 0.591. The number of halogens is 1. The van der Waals surface area contributed by atoms with E-state index in [4.69, 9.17) is 21.4 Å². The van der Waals surface area contributed by atoms with Crippen LogP contribution in [0.2, 0.25) is 5.02 Å². The van der Waals surface area contributed by atoms with Crippen molar-refractivity contribution in [3.63, 3.8) is 0 Å². The molecule has 2 rings (SSSR count). The van der Waals surface area contributed by atoms with E-state index < -0.39 is 23.8 Å². The van der Waals surface area contributed by atoms with Crippen molar-refractivity contribution >= 4 is 23.7 Å². The highest BCUT2D eigenvalue weighted by molar-refractivity contribution is 6.30. The zero-order valence-corrected chi connectivity index (χ0v) is 17.3. The Morgan fingerprint density at radius 3 is 2.34 bits per heavy atom. The number of hydrogen-bond donors (Lipinski definition) is 3. The second kappa shape index (κ2) is 9.73. The molecule has 0 bridgehead atoms. The third kappa shape index (κ3) is 7.73. The van der Waals surface area contributed by atoms with Crippen LogP contribution in [-0.2, 0) is 16.1 Å². The molecule has 0 saturated carbocycles. The molecule has 0 aliphatic heterocycles. The summed E-state index contributed by atoms with van der Waals surface area (Å²) in [5.74, 6) is -1.38. The van der Waals surface area contributed by atoms with Gasteiger partial charge in [0, 0.05) is 11.6 Å². The Morgan fingerprint density at radius 1 is 1.14 bits per heavy atom. The number of amides is 1. The summed E-state index contributed by atoms with van der Waals surface area (Å²) in [6.07, 6.45) is -2.39. The Bertz CT molecular complexity index is 849. The molecule has 2 aromatic rings. The number of ether oxygens (including phenoxy) is 1. The maximum atomic E-state index is 12.1. The molecule has 0 aliphatic carbocycles. The number of carboxylic acid groups (broad SMARTS) is 1. The lowest BCUT2D eigenvalue weighted by Gasteiger charge is -2.27. The number of carboxylic acids is 1. The number of aliphatic hydroxyl groups excluding tert-OH is 1. The Kier molecular flexibility index (Phi) is 7.61. The van der Waals surface area contributed by atoms with Gasteiger partial charge in [0.2, 0.25) is 0 Å². The zero-order chi connectivity index (χ0) is 21.6. The minimum Gasteiger partial charge on any atom is -0.479 e. The highest BCUT2D eigenvalue weighted by Crippen LogP contribution is 2.23. The van der Waals surface area contributed by atoms with E-state index in [9.17, 15) is 14.7 Å². The fourth-order valence-electron chi connectivity index (χ4n) is 2.56. The Labute approximate surface area is 174 Å². The Morgan fingerprint density at radius 2 is 1.79 bits per heavy atom. The molecule has 156 valence electrons. The van der Waals surface area contributed by atoms with Crippen LogP contribution in [0.25, 0.3) is 11.1 Å². The summed E-state index contributed by atoms with van der Waals surface area (Å²) in [6, 6.07) is 15.0. The van der Waals surface area contributed by atoms with Crippen LogP contribution >= 0.6 is 11.6 Å². The maximum Gasteiger partial charge on any atom is 0.422 e. The van der Waals surface area contributed by atoms with Crippen molar-refractivity contribution in [1.29, 1.82) is 0 Å². The van der Waals surface area contributed by atoms with Crippen molar-refractivity contribution in [3.05, 3.63) is 59.1 Å². The van der Waals surface area contributed by atoms with Crippen molar-refractivity contribution in [1.82, 2.24) is 10.4 Å². The molecule has 8 heteroatoms. The van der Waals surface area contributed by atoms with Crippen molar-refractivity contribution in [2.24, 2.45) is 0 Å². The first-order chi connectivity index (χ1) is 13.5. The topological polar surface area (TPSA) is 99.1 Å². The zero-order valence-electron chi connectivity index (χ0n) is 16.6. The normalized spacial score (nSPS) is 12.5. The Balaban J connectivity index is 2.12. The van der Waals surface area contributed by atoms with Gasteiger partial charge in [-0.3, -0.25) is 5.43 Å². The lowest BCUT2D eigenvalue weighted by Crippen LogP contribution is -2.48. The van der Waals surface area contributed by atoms with Gasteiger partial charge in [0.25, 0.3) is 0 Å². The standard InChI is InChI=1S/C21H25ClN2O5/c1-21(2,3)29-20(28)23-24(13-18(25)19(26)27)12-14-7-9-15(10-8-14)16-5-4-6-17(22)11-16/h4-11,18,25H,12-13H2,1-3H3,(H,23,28)(H,26,27). The van der Waals surface area contributed by atoms with E-state index in [-0.39, 0.29) is 13.1 Å². The SMILES string of the molecule is CC(C)(C)OC(=O)NN(Cc1ccc(-c2cccc(Cl)c2)cc1)CC(O)C(=O)O. The lowest BCUT2D eigenvalue weighted by molar-refractivity contribution is -0.148. The van der Waals surface area contributed by atoms with E-state index in [1.807, 2.05) is 42.5 Å². The van der Waals surface area contributed by atoms with Gasteiger partial charge in [0.15, 0.2) is 6.10 Å². The van der Waals surface area contributed by atoms with E-state index in [2.05, 4.69) is 5.43 Å². The molecule has 0 heterocycles. The van der Waals surface area contributed by atoms with Gasteiger partial charge in [0.1, 0.15) is 5.60 Å². The molecule has 2 aromatic carbocycles. The first kappa shape index (κ1) is 22.7. The summed E-state index contributed by atoms with van der Waals surface area (Å²) >= 11 is 6.03. The molecular weight excluding hydrogens is 396 g/mol. The van der Waals surface area contributed by atoms with Gasteiger partial charge in [-0.25, -0.2) is 14.6 Å². The van der Waals surface area contributed by atoms with Gasteiger partial charge in [0.05, 0.1) is 6.54 Å². The van der Waals surface area contributed by atoms with Crippen LogP contribution in [0, 0.1) is 0 Å². The van der Waals surface area contributed by atoms with Gasteiger partial charge in [-0.15, -0.1) is 0 Å². The van der Waals surface area contributed by atoms with E-state index in [0.29, 0.717) is 5.02 Å². The van der Waals surface area contributed by atoms with E-state index >= 15 is 0 Å². The molecule has 29 heavy (non-hydrogen) atoms. The molecule has 1 atom stereocenters. The number of aliphatic hydroxyl groups is 1. The van der Waals surface area contributed by atoms with Crippen LogP contribution in [0.5, 0.6) is 0 Å². The number of carbonyl (C=O) groups is 2. The summed E-state index contributed by atoms with van der Waals surface area (Å²) in [5.41, 5.74) is 4.53. The highest BCUT2D eigenvalue weighted by Gasteiger charge is 2.22. The predicted octanol–water partition coefficient (Wildman–Crippen LogP) is 3.69. The van der Waals surface area contributed by atoms with Crippen LogP contribution < -0.4 is 5.43 Å². The molecule has 3 N–H and O–H groups in total. The van der Waals surface area contributed by atoms with Crippen LogP contribution in [0.1, 0.15) is 26.3 Å². The third-order valence-corrected chi connectivity index (χ3v) is 4.05. The number of carbonyl (C=O) groups excluding carboxylic acids is 1. The number of benzene rings is 2. The lowest BCUT2D eigenvalue weighted by atomic mass is 10.0. The van der Waals surface area contributed by atoms with Crippen LogP contribution in [0.4, 0.5) is 4.79 Å². The van der Waals surface area contributed by atoms with Crippen LogP contribution in [0.15, 0.2) is 48.5 Å². The van der Waals surface area contributed by atoms with Crippen molar-refractivity contribution in [2.45, 2.75) is 39.0 Å². The predicted molar refractivity (Wildman–Crippen MR) is 110 cm³/mol. The average Bonchev–Trinajstić information content (AvgIpc) is 2.60. The molecule has 0 spiro atoms. The second-order valence-electron chi connectivity index (χ2n) is 7.56. The van der Waals surface area contributed by atoms with Gasteiger partial charge < -0.3 is 14.9 Å². The summed E-state index contributed by atoms with van der Waals surface area (Å²) in [4.78, 5) is 23.1. The van der Waals surface area contributed by atoms with Crippen LogP contribution in [0.3, 0.4) is 0 Å². The molecule has 0 aromatic heterocycles. The fourth-order valence-corrected chi connectivity index (χ4v) is 2.75. The van der Waals surface area contributed by atoms with Crippen molar-refractivity contribution in [3.8, 4) is 11.1 Å². The minimum atomic E-state index is -1.66. The number of nitrogens with one attached hydrogen (secondary N) is 1. The van der Waals surface area contributed by atoms with Gasteiger partial charge in [-0.1, -0.05) is 48.0 Å². The summed E-state index contributed by atoms with van der Waals surface area (Å²) in [5, 5.41) is 20.6. The van der Waals surface area contributed by atoms with Crippen molar-refractivity contribution in [2.75, 3.05) is 6.54 Å². The van der Waals surface area contributed by atoms with Crippen molar-refractivity contribution < 1.29 is 24.5 Å². The molecule has 0 saturated heterocycles. The molecule has 7 nitrogen and oxygen atoms in total. The number of hydrogen-bond acceptors (Lipinski definition) is 5. The summed E-state index contributed by atoms with van der Waals surface area (Å²) in [7, 11) is 0. The Hall–Kier alpha value is -2.61. The number of rotatable bonds is 7. The van der Waals surface area contributed by atoms with Crippen LogP contribution in [-0.4, -0.2) is 45.5 Å². The van der Waals surface area contributed by atoms with Gasteiger partial charge >= 0.3 is 12.1 Å².